The van der Waals surface area contributed by atoms with E-state index >= 15 is 0 Å². The molecule has 0 fully saturated rings. The first-order chi connectivity index (χ1) is 11.1. The lowest BCUT2D eigenvalue weighted by atomic mass is 10.2. The Hall–Kier alpha value is -2.58. The molecule has 1 N–H and O–H groups in total. The van der Waals surface area contributed by atoms with Crippen molar-refractivity contribution >= 4 is 49.4 Å². The maximum absolute atomic E-state index is 12.8. The summed E-state index contributed by atoms with van der Waals surface area (Å²) in [7, 11) is -3.79. The number of hydrogen-bond donors (Lipinski definition) is 1. The average Bonchev–Trinajstić information content (AvgIpc) is 3.03. The molecule has 0 unspecified atom stereocenters. The Morgan fingerprint density at radius 1 is 0.913 bits per heavy atom. The van der Waals surface area contributed by atoms with Gasteiger partial charge in [0.1, 0.15) is 15.9 Å². The number of nitrogens with zero attached hydrogens (tertiary/aromatic N) is 3. The molecular formula is C15H10N4O2S2. The molecule has 2 aromatic carbocycles. The zero-order chi connectivity index (χ0) is 15.9. The van der Waals surface area contributed by atoms with E-state index in [-0.39, 0.29) is 4.90 Å². The molecule has 4 rings (SSSR count). The first kappa shape index (κ1) is 14.0. The van der Waals surface area contributed by atoms with E-state index in [1.54, 1.807) is 30.5 Å². The van der Waals surface area contributed by atoms with Gasteiger partial charge in [-0.15, -0.1) is 0 Å². The average molecular weight is 342 g/mol. The zero-order valence-electron chi connectivity index (χ0n) is 11.7. The van der Waals surface area contributed by atoms with Crippen molar-refractivity contribution in [3.05, 3.63) is 54.7 Å². The van der Waals surface area contributed by atoms with Crippen LogP contribution in [0, 0.1) is 0 Å². The maximum atomic E-state index is 12.8. The largest absolute Gasteiger partial charge is 0.277 e. The Bertz CT molecular complexity index is 1120. The van der Waals surface area contributed by atoms with Gasteiger partial charge >= 0.3 is 0 Å². The number of anilines is 1. The van der Waals surface area contributed by atoms with Crippen LogP contribution < -0.4 is 4.72 Å². The van der Waals surface area contributed by atoms with Gasteiger partial charge < -0.3 is 0 Å². The third-order valence-corrected chi connectivity index (χ3v) is 5.36. The number of benzene rings is 2. The molecule has 8 heteroatoms. The van der Waals surface area contributed by atoms with Crippen LogP contribution in [0.5, 0.6) is 0 Å². The first-order valence-electron chi connectivity index (χ1n) is 6.73. The predicted octanol–water partition coefficient (Wildman–Crippen LogP) is 3.04. The number of nitrogens with one attached hydrogen (secondary N) is 1. The number of sulfonamides is 1. The van der Waals surface area contributed by atoms with Crippen LogP contribution in [0.1, 0.15) is 0 Å². The highest BCUT2D eigenvalue weighted by Gasteiger charge is 2.20. The molecule has 0 spiro atoms. The molecule has 4 aromatic rings. The van der Waals surface area contributed by atoms with Gasteiger partial charge in [-0.3, -0.25) is 9.71 Å². The molecule has 2 heterocycles. The lowest BCUT2D eigenvalue weighted by Gasteiger charge is -2.10. The van der Waals surface area contributed by atoms with Gasteiger partial charge in [0.05, 0.1) is 22.9 Å². The van der Waals surface area contributed by atoms with Crippen molar-refractivity contribution in [3.63, 3.8) is 0 Å². The summed E-state index contributed by atoms with van der Waals surface area (Å²) in [4.78, 5) is 4.37. The molecule has 0 amide bonds. The van der Waals surface area contributed by atoms with Crippen molar-refractivity contribution in [3.8, 4) is 0 Å². The molecule has 0 aliphatic heterocycles. The summed E-state index contributed by atoms with van der Waals surface area (Å²) < 4.78 is 36.3. The van der Waals surface area contributed by atoms with Gasteiger partial charge in [-0.25, -0.2) is 8.42 Å². The van der Waals surface area contributed by atoms with E-state index in [1.165, 1.54) is 6.07 Å². The number of aromatic nitrogens is 3. The van der Waals surface area contributed by atoms with E-state index in [0.717, 1.165) is 17.1 Å². The molecule has 2 aromatic heterocycles. The van der Waals surface area contributed by atoms with Gasteiger partial charge in [0.15, 0.2) is 0 Å². The second kappa shape index (κ2) is 5.25. The van der Waals surface area contributed by atoms with Crippen LogP contribution in [0.2, 0.25) is 0 Å². The van der Waals surface area contributed by atoms with Crippen LogP contribution in [0.3, 0.4) is 0 Å². The van der Waals surface area contributed by atoms with Gasteiger partial charge in [-0.2, -0.15) is 8.75 Å². The fraction of sp³-hybridized carbons (Fsp3) is 0. The SMILES string of the molecule is O=S(=O)(Nc1cccc2cccnc12)c1cccc2nsnc12. The lowest BCUT2D eigenvalue weighted by molar-refractivity contribution is 0.602. The van der Waals surface area contributed by atoms with Crippen LogP contribution in [0.25, 0.3) is 21.9 Å². The zero-order valence-corrected chi connectivity index (χ0v) is 13.3. The molecule has 114 valence electrons. The predicted molar refractivity (Wildman–Crippen MR) is 90.0 cm³/mol. The molecule has 0 aliphatic carbocycles. The number of hydrogen-bond acceptors (Lipinski definition) is 6. The third-order valence-electron chi connectivity index (χ3n) is 3.42. The molecule has 0 bridgehead atoms. The topological polar surface area (TPSA) is 84.8 Å². The molecule has 23 heavy (non-hydrogen) atoms. The number of pyridine rings is 1. The summed E-state index contributed by atoms with van der Waals surface area (Å²) in [6.07, 6.45) is 1.63. The Kier molecular flexibility index (Phi) is 3.21. The van der Waals surface area contributed by atoms with Crippen LogP contribution in [-0.2, 0) is 10.0 Å². The third kappa shape index (κ3) is 2.41. The molecule has 0 saturated heterocycles. The fourth-order valence-electron chi connectivity index (χ4n) is 2.38. The highest BCUT2D eigenvalue weighted by atomic mass is 32.2. The molecule has 0 saturated carbocycles. The molecule has 0 atom stereocenters. The second-order valence-electron chi connectivity index (χ2n) is 4.87. The Morgan fingerprint density at radius 2 is 1.74 bits per heavy atom. The van der Waals surface area contributed by atoms with Gasteiger partial charge in [-0.05, 0) is 24.3 Å². The van der Waals surface area contributed by atoms with Crippen molar-refractivity contribution in [1.82, 2.24) is 13.7 Å². The maximum Gasteiger partial charge on any atom is 0.264 e. The summed E-state index contributed by atoms with van der Waals surface area (Å²) in [6, 6.07) is 13.9. The van der Waals surface area contributed by atoms with Crippen molar-refractivity contribution in [2.45, 2.75) is 4.90 Å². The minimum atomic E-state index is -3.79. The summed E-state index contributed by atoms with van der Waals surface area (Å²) in [5.74, 6) is 0. The molecular weight excluding hydrogens is 332 g/mol. The van der Waals surface area contributed by atoms with E-state index in [1.807, 2.05) is 18.2 Å². The van der Waals surface area contributed by atoms with Gasteiger partial charge in [0.25, 0.3) is 10.0 Å². The van der Waals surface area contributed by atoms with Crippen molar-refractivity contribution in [2.75, 3.05) is 4.72 Å². The van der Waals surface area contributed by atoms with Crippen LogP contribution in [0.15, 0.2) is 59.6 Å². The van der Waals surface area contributed by atoms with E-state index < -0.39 is 10.0 Å². The fourth-order valence-corrected chi connectivity index (χ4v) is 4.22. The van der Waals surface area contributed by atoms with E-state index in [9.17, 15) is 8.42 Å². The van der Waals surface area contributed by atoms with Crippen molar-refractivity contribution < 1.29 is 8.42 Å². The number of fused-ring (bicyclic) bond motifs is 2. The first-order valence-corrected chi connectivity index (χ1v) is 8.94. The van der Waals surface area contributed by atoms with E-state index in [0.29, 0.717) is 22.2 Å². The summed E-state index contributed by atoms with van der Waals surface area (Å²) >= 11 is 0.987. The standard InChI is InChI=1S/C15H10N4O2S2/c20-23(21,13-8-2-6-11-15(13)18-22-17-11)19-12-7-1-4-10-5-3-9-16-14(10)12/h1-9,19H. The molecule has 0 aliphatic rings. The second-order valence-corrected chi connectivity index (χ2v) is 7.05. The van der Waals surface area contributed by atoms with Crippen molar-refractivity contribution in [1.29, 1.82) is 0 Å². The molecule has 0 radical (unpaired) electrons. The Labute approximate surface area is 136 Å². The quantitative estimate of drug-likeness (QED) is 0.618. The lowest BCUT2D eigenvalue weighted by Crippen LogP contribution is -2.14. The van der Waals surface area contributed by atoms with Crippen molar-refractivity contribution in [2.24, 2.45) is 0 Å². The van der Waals surface area contributed by atoms with E-state index in [2.05, 4.69) is 18.5 Å². The van der Waals surface area contributed by atoms with Crippen LogP contribution >= 0.6 is 11.7 Å². The summed E-state index contributed by atoms with van der Waals surface area (Å²) in [6.45, 7) is 0. The van der Waals surface area contributed by atoms with Crippen LogP contribution in [-0.4, -0.2) is 22.1 Å². The summed E-state index contributed by atoms with van der Waals surface area (Å²) in [5.41, 5.74) is 1.97. The van der Waals surface area contributed by atoms with Gasteiger partial charge in [0.2, 0.25) is 0 Å². The summed E-state index contributed by atoms with van der Waals surface area (Å²) in [5, 5.41) is 0.862. The Balaban J connectivity index is 1.85. The highest BCUT2D eigenvalue weighted by molar-refractivity contribution is 7.93. The minimum absolute atomic E-state index is 0.108. The van der Waals surface area contributed by atoms with Gasteiger partial charge in [0, 0.05) is 11.6 Å². The monoisotopic (exact) mass is 342 g/mol. The number of rotatable bonds is 3. The normalized spacial score (nSPS) is 11.8. The Morgan fingerprint density at radius 3 is 2.65 bits per heavy atom. The van der Waals surface area contributed by atoms with E-state index in [4.69, 9.17) is 0 Å². The van der Waals surface area contributed by atoms with Crippen LogP contribution in [0.4, 0.5) is 5.69 Å². The number of para-hydroxylation sites is 1. The molecule has 6 nitrogen and oxygen atoms in total. The smallest absolute Gasteiger partial charge is 0.264 e. The van der Waals surface area contributed by atoms with Gasteiger partial charge in [-0.1, -0.05) is 24.3 Å². The highest BCUT2D eigenvalue weighted by Crippen LogP contribution is 2.26. The minimum Gasteiger partial charge on any atom is -0.277 e.